The van der Waals surface area contributed by atoms with Gasteiger partial charge in [0, 0.05) is 25.5 Å². The maximum atomic E-state index is 12.9. The Kier molecular flexibility index (Phi) is 6.28. The Morgan fingerprint density at radius 2 is 2.25 bits per heavy atom. The van der Waals surface area contributed by atoms with E-state index in [4.69, 9.17) is 0 Å². The van der Waals surface area contributed by atoms with Crippen molar-refractivity contribution in [2.24, 2.45) is 13.0 Å². The number of hydrogen-bond donors (Lipinski definition) is 1. The van der Waals surface area contributed by atoms with Gasteiger partial charge in [0.15, 0.2) is 0 Å². The Morgan fingerprint density at radius 1 is 1.50 bits per heavy atom. The lowest BCUT2D eigenvalue weighted by Crippen LogP contribution is -2.42. The van der Waals surface area contributed by atoms with Gasteiger partial charge in [0.25, 0.3) is 5.91 Å². The fraction of sp³-hybridized carbons (Fsp3) is 0.647. The third-order valence-electron chi connectivity index (χ3n) is 4.60. The van der Waals surface area contributed by atoms with E-state index >= 15 is 0 Å². The zero-order chi connectivity index (χ0) is 16.6. The highest BCUT2D eigenvalue weighted by Gasteiger charge is 2.26. The van der Waals surface area contributed by atoms with Gasteiger partial charge in [-0.1, -0.05) is 13.8 Å². The lowest BCUT2D eigenvalue weighted by atomic mass is 9.98. The monoisotopic (exact) mass is 370 g/mol. The van der Waals surface area contributed by atoms with Crippen LogP contribution < -0.4 is 5.32 Å². The van der Waals surface area contributed by atoms with Gasteiger partial charge >= 0.3 is 0 Å². The molecule has 7 heteroatoms. The summed E-state index contributed by atoms with van der Waals surface area (Å²) in [6.45, 7) is 7.02. The van der Waals surface area contributed by atoms with Crippen molar-refractivity contribution in [3.8, 4) is 0 Å². The molecule has 1 fully saturated rings. The average molecular weight is 371 g/mol. The number of fused-ring (bicyclic) bond motifs is 1. The second-order valence-corrected chi connectivity index (χ2v) is 7.84. The van der Waals surface area contributed by atoms with Crippen LogP contribution in [0.5, 0.6) is 0 Å². The minimum absolute atomic E-state index is 0. The molecular weight excluding hydrogens is 344 g/mol. The number of likely N-dealkylation sites (tertiary alicyclic amines) is 1. The largest absolute Gasteiger partial charge is 0.338 e. The molecule has 2 aromatic rings. The van der Waals surface area contributed by atoms with Crippen LogP contribution in [0.2, 0.25) is 0 Å². The van der Waals surface area contributed by atoms with Crippen molar-refractivity contribution in [1.82, 2.24) is 20.0 Å². The number of aromatic nitrogens is 2. The summed E-state index contributed by atoms with van der Waals surface area (Å²) in [7, 11) is 3.94. The highest BCUT2D eigenvalue weighted by Crippen LogP contribution is 2.32. The smallest absolute Gasteiger partial charge is 0.264 e. The summed E-state index contributed by atoms with van der Waals surface area (Å²) in [5.41, 5.74) is 1.09. The van der Waals surface area contributed by atoms with Crippen LogP contribution in [0.15, 0.2) is 6.07 Å². The van der Waals surface area contributed by atoms with E-state index in [2.05, 4.69) is 24.3 Å². The summed E-state index contributed by atoms with van der Waals surface area (Å²) in [5.74, 6) is 1.12. The Labute approximate surface area is 153 Å². The molecule has 1 aliphatic heterocycles. The number of hydrogen-bond acceptors (Lipinski definition) is 4. The Bertz CT molecular complexity index is 707. The van der Waals surface area contributed by atoms with E-state index in [1.54, 1.807) is 11.3 Å². The quantitative estimate of drug-likeness (QED) is 0.898. The Hall–Kier alpha value is -1.11. The number of nitrogens with zero attached hydrogens (tertiary/aromatic N) is 3. The van der Waals surface area contributed by atoms with E-state index in [9.17, 15) is 4.79 Å². The van der Waals surface area contributed by atoms with Crippen LogP contribution in [0.25, 0.3) is 10.2 Å². The van der Waals surface area contributed by atoms with Crippen LogP contribution in [0.4, 0.5) is 0 Å². The third kappa shape index (κ3) is 3.60. The Morgan fingerprint density at radius 3 is 2.92 bits per heavy atom. The van der Waals surface area contributed by atoms with E-state index in [-0.39, 0.29) is 18.3 Å². The van der Waals surface area contributed by atoms with Gasteiger partial charge in [0.2, 0.25) is 0 Å². The standard InChI is InChI=1S/C17H26N4OS.ClH/c1-11(2)15-13-8-14(23-17(13)20(4)19-15)16(22)21-7-5-6-12(10-21)9-18-3;/h8,11-12,18H,5-7,9-10H2,1-4H3;1H. The fourth-order valence-electron chi connectivity index (χ4n) is 3.46. The maximum absolute atomic E-state index is 12.9. The number of nitrogens with one attached hydrogen (secondary N) is 1. The number of aryl methyl sites for hydroxylation is 1. The number of thiophene rings is 1. The molecule has 1 saturated heterocycles. The number of amides is 1. The molecule has 0 bridgehead atoms. The highest BCUT2D eigenvalue weighted by molar-refractivity contribution is 7.20. The number of carbonyl (C=O) groups excluding carboxylic acids is 1. The van der Waals surface area contributed by atoms with Crippen LogP contribution in [0.3, 0.4) is 0 Å². The number of halogens is 1. The van der Waals surface area contributed by atoms with Gasteiger partial charge in [-0.15, -0.1) is 23.7 Å². The third-order valence-corrected chi connectivity index (χ3v) is 5.79. The zero-order valence-electron chi connectivity index (χ0n) is 14.8. The van der Waals surface area contributed by atoms with Gasteiger partial charge in [-0.25, -0.2) is 0 Å². The van der Waals surface area contributed by atoms with E-state index in [1.807, 2.05) is 29.7 Å². The van der Waals surface area contributed by atoms with Crippen molar-refractivity contribution in [3.05, 3.63) is 16.6 Å². The van der Waals surface area contributed by atoms with Gasteiger partial charge in [0.05, 0.1) is 10.6 Å². The SMILES string of the molecule is CNCC1CCCN(C(=O)c2cc3c(C(C)C)nn(C)c3s2)C1.Cl. The second-order valence-electron chi connectivity index (χ2n) is 6.81. The zero-order valence-corrected chi connectivity index (χ0v) is 16.5. The van der Waals surface area contributed by atoms with Crippen molar-refractivity contribution in [2.45, 2.75) is 32.6 Å². The molecule has 0 saturated carbocycles. The summed E-state index contributed by atoms with van der Waals surface area (Å²) in [6.07, 6.45) is 2.31. The van der Waals surface area contributed by atoms with Crippen molar-refractivity contribution >= 4 is 39.9 Å². The summed E-state index contributed by atoms with van der Waals surface area (Å²) >= 11 is 1.57. The minimum Gasteiger partial charge on any atom is -0.338 e. The molecule has 0 spiro atoms. The molecule has 1 aliphatic rings. The Balaban J connectivity index is 0.00000208. The molecule has 3 heterocycles. The molecule has 1 N–H and O–H groups in total. The minimum atomic E-state index is 0. The number of piperidine rings is 1. The predicted molar refractivity (Wildman–Crippen MR) is 102 cm³/mol. The van der Waals surface area contributed by atoms with Crippen molar-refractivity contribution in [3.63, 3.8) is 0 Å². The molecular formula is C17H27ClN4OS. The summed E-state index contributed by atoms with van der Waals surface area (Å²) in [5, 5.41) is 8.97. The molecule has 1 amide bonds. The maximum Gasteiger partial charge on any atom is 0.264 e. The molecule has 134 valence electrons. The van der Waals surface area contributed by atoms with Crippen molar-refractivity contribution in [1.29, 1.82) is 0 Å². The molecule has 0 aromatic carbocycles. The van der Waals surface area contributed by atoms with Gasteiger partial charge in [0.1, 0.15) is 4.83 Å². The predicted octanol–water partition coefficient (Wildman–Crippen LogP) is 3.25. The van der Waals surface area contributed by atoms with Gasteiger partial charge in [-0.2, -0.15) is 5.10 Å². The first kappa shape index (κ1) is 19.2. The normalized spacial score (nSPS) is 18.2. The first-order valence-electron chi connectivity index (χ1n) is 8.41. The van der Waals surface area contributed by atoms with Crippen molar-refractivity contribution in [2.75, 3.05) is 26.7 Å². The van der Waals surface area contributed by atoms with E-state index in [0.29, 0.717) is 11.8 Å². The molecule has 5 nitrogen and oxygen atoms in total. The second kappa shape index (κ2) is 7.85. The van der Waals surface area contributed by atoms with E-state index < -0.39 is 0 Å². The molecule has 2 aromatic heterocycles. The summed E-state index contributed by atoms with van der Waals surface area (Å²) in [4.78, 5) is 16.9. The van der Waals surface area contributed by atoms with Gasteiger partial charge in [-0.3, -0.25) is 9.48 Å². The van der Waals surface area contributed by atoms with Crippen LogP contribution in [0, 0.1) is 5.92 Å². The summed E-state index contributed by atoms with van der Waals surface area (Å²) < 4.78 is 1.91. The van der Waals surface area contributed by atoms with Gasteiger partial charge < -0.3 is 10.2 Å². The first-order chi connectivity index (χ1) is 11.0. The lowest BCUT2D eigenvalue weighted by molar-refractivity contribution is 0.0679. The number of rotatable bonds is 4. The van der Waals surface area contributed by atoms with Crippen LogP contribution in [-0.2, 0) is 7.05 Å². The molecule has 1 unspecified atom stereocenters. The lowest BCUT2D eigenvalue weighted by Gasteiger charge is -2.32. The topological polar surface area (TPSA) is 50.2 Å². The molecule has 0 aliphatic carbocycles. The summed E-state index contributed by atoms with van der Waals surface area (Å²) in [6, 6.07) is 2.05. The van der Waals surface area contributed by atoms with Crippen molar-refractivity contribution < 1.29 is 4.79 Å². The highest BCUT2D eigenvalue weighted by atomic mass is 35.5. The van der Waals surface area contributed by atoms with E-state index in [0.717, 1.165) is 46.8 Å². The molecule has 3 rings (SSSR count). The molecule has 0 radical (unpaired) electrons. The van der Waals surface area contributed by atoms with E-state index in [1.165, 1.54) is 6.42 Å². The van der Waals surface area contributed by atoms with Crippen LogP contribution >= 0.6 is 23.7 Å². The fourth-order valence-corrected chi connectivity index (χ4v) is 4.51. The van der Waals surface area contributed by atoms with Gasteiger partial charge in [-0.05, 0) is 44.3 Å². The molecule has 24 heavy (non-hydrogen) atoms. The van der Waals surface area contributed by atoms with Crippen LogP contribution in [0.1, 0.15) is 48.0 Å². The van der Waals surface area contributed by atoms with Crippen LogP contribution in [-0.4, -0.2) is 47.3 Å². The average Bonchev–Trinajstić information content (AvgIpc) is 3.08. The first-order valence-corrected chi connectivity index (χ1v) is 9.23. The number of carbonyl (C=O) groups is 1. The molecule has 1 atom stereocenters.